The van der Waals surface area contributed by atoms with E-state index in [1.165, 1.54) is 28.8 Å². The first-order valence-corrected chi connectivity index (χ1v) is 14.2. The van der Waals surface area contributed by atoms with Crippen molar-refractivity contribution in [2.45, 2.75) is 59.1 Å². The Morgan fingerprint density at radius 2 is 1.67 bits per heavy atom. The van der Waals surface area contributed by atoms with E-state index in [1.54, 1.807) is 11.3 Å². The maximum Gasteiger partial charge on any atom is 0.416 e. The van der Waals surface area contributed by atoms with Crippen molar-refractivity contribution < 1.29 is 18.0 Å². The molecule has 2 aliphatic rings. The number of hydrogen-bond donors (Lipinski definition) is 0. The summed E-state index contributed by atoms with van der Waals surface area (Å²) in [7, 11) is 0. The Morgan fingerprint density at radius 1 is 1.03 bits per heavy atom. The molecule has 0 N–H and O–H groups in total. The number of aromatic nitrogens is 1. The molecular formula is C32H33F3N2OS. The highest BCUT2D eigenvalue weighted by molar-refractivity contribution is 7.10. The lowest BCUT2D eigenvalue weighted by molar-refractivity contribution is -0.139. The van der Waals surface area contributed by atoms with Crippen molar-refractivity contribution >= 4 is 22.8 Å². The molecule has 39 heavy (non-hydrogen) atoms. The molecule has 3 aromatic rings. The summed E-state index contributed by atoms with van der Waals surface area (Å²) in [6, 6.07) is 9.52. The number of aryl methyl sites for hydroxylation is 2. The van der Waals surface area contributed by atoms with Crippen LogP contribution in [0.3, 0.4) is 0 Å². The molecule has 1 atom stereocenters. The zero-order valence-electron chi connectivity index (χ0n) is 22.7. The van der Waals surface area contributed by atoms with Gasteiger partial charge in [0.15, 0.2) is 0 Å². The number of benzene rings is 2. The number of carbonyl (C=O) groups excluding carboxylic acids is 1. The molecule has 204 valence electrons. The molecule has 0 bridgehead atoms. The van der Waals surface area contributed by atoms with Gasteiger partial charge in [0.05, 0.1) is 21.7 Å². The minimum atomic E-state index is -4.39. The van der Waals surface area contributed by atoms with Crippen LogP contribution in [0.1, 0.15) is 64.9 Å². The van der Waals surface area contributed by atoms with Crippen molar-refractivity contribution in [1.29, 1.82) is 0 Å². The van der Waals surface area contributed by atoms with E-state index in [1.807, 2.05) is 30.1 Å². The van der Waals surface area contributed by atoms with Gasteiger partial charge in [-0.1, -0.05) is 30.4 Å². The molecule has 2 heterocycles. The number of hydrogen-bond acceptors (Lipinski definition) is 3. The van der Waals surface area contributed by atoms with Crippen LogP contribution >= 0.6 is 11.3 Å². The standard InChI is InChI=1S/C32H33F3N2OS/c1-20-17-25(18-21(2)22(20)3)28-19-39-29(36-28)24-12-15-37(16-13-24)30(38)31(4)14-6-5-7-27(31)23-8-10-26(11-9-23)32(33,34)35/h5-11,17-19,24H,12-16H2,1-4H3. The van der Waals surface area contributed by atoms with E-state index in [2.05, 4.69) is 38.3 Å². The summed E-state index contributed by atoms with van der Waals surface area (Å²) >= 11 is 1.69. The van der Waals surface area contributed by atoms with Crippen LogP contribution in [-0.4, -0.2) is 28.9 Å². The van der Waals surface area contributed by atoms with Gasteiger partial charge in [0, 0.05) is 30.0 Å². The topological polar surface area (TPSA) is 33.2 Å². The molecule has 1 saturated heterocycles. The van der Waals surface area contributed by atoms with Gasteiger partial charge in [-0.15, -0.1) is 11.3 Å². The summed E-state index contributed by atoms with van der Waals surface area (Å²) in [6.07, 6.45) is 3.52. The van der Waals surface area contributed by atoms with Crippen LogP contribution in [0.15, 0.2) is 60.0 Å². The molecule has 0 saturated carbocycles. The minimum Gasteiger partial charge on any atom is -0.342 e. The Bertz CT molecular complexity index is 1420. The molecule has 0 spiro atoms. The molecule has 1 aromatic heterocycles. The van der Waals surface area contributed by atoms with E-state index in [0.717, 1.165) is 46.8 Å². The fourth-order valence-electron chi connectivity index (χ4n) is 5.69. The number of nitrogens with zero attached hydrogens (tertiary/aromatic N) is 2. The number of amides is 1. The third-order valence-corrected chi connectivity index (χ3v) is 9.40. The smallest absolute Gasteiger partial charge is 0.342 e. The summed E-state index contributed by atoms with van der Waals surface area (Å²) in [5.74, 6) is 0.339. The van der Waals surface area contributed by atoms with E-state index < -0.39 is 17.2 Å². The van der Waals surface area contributed by atoms with Crippen LogP contribution in [0.2, 0.25) is 0 Å². The third kappa shape index (κ3) is 5.33. The number of rotatable bonds is 4. The second kappa shape index (κ2) is 10.4. The summed E-state index contributed by atoms with van der Waals surface area (Å²) in [4.78, 5) is 20.8. The van der Waals surface area contributed by atoms with E-state index >= 15 is 0 Å². The second-order valence-electron chi connectivity index (χ2n) is 11.0. The lowest BCUT2D eigenvalue weighted by Crippen LogP contribution is -2.46. The number of likely N-dealkylation sites (tertiary alicyclic amines) is 1. The first kappa shape index (κ1) is 27.4. The average molecular weight is 551 g/mol. The van der Waals surface area contributed by atoms with Gasteiger partial charge in [-0.25, -0.2) is 4.98 Å². The minimum absolute atomic E-state index is 0.0295. The highest BCUT2D eigenvalue weighted by Crippen LogP contribution is 2.44. The van der Waals surface area contributed by atoms with E-state index in [0.29, 0.717) is 31.0 Å². The summed E-state index contributed by atoms with van der Waals surface area (Å²) < 4.78 is 39.2. The molecule has 1 unspecified atom stereocenters. The van der Waals surface area contributed by atoms with Crippen LogP contribution in [0.25, 0.3) is 16.8 Å². The van der Waals surface area contributed by atoms with Crippen molar-refractivity contribution in [2.75, 3.05) is 13.1 Å². The number of piperidine rings is 1. The van der Waals surface area contributed by atoms with Crippen molar-refractivity contribution in [1.82, 2.24) is 9.88 Å². The van der Waals surface area contributed by atoms with Crippen LogP contribution in [0.5, 0.6) is 0 Å². The fraction of sp³-hybridized carbons (Fsp3) is 0.375. The quantitative estimate of drug-likeness (QED) is 0.326. The maximum atomic E-state index is 13.9. The van der Waals surface area contributed by atoms with Gasteiger partial charge in [-0.05, 0) is 99.0 Å². The van der Waals surface area contributed by atoms with Gasteiger partial charge in [0.1, 0.15) is 0 Å². The van der Waals surface area contributed by atoms with Gasteiger partial charge in [-0.3, -0.25) is 4.79 Å². The van der Waals surface area contributed by atoms with Crippen molar-refractivity contribution in [3.05, 3.63) is 92.8 Å². The fourth-order valence-corrected chi connectivity index (χ4v) is 6.69. The van der Waals surface area contributed by atoms with Crippen LogP contribution < -0.4 is 0 Å². The molecule has 1 aliphatic heterocycles. The number of halogens is 3. The van der Waals surface area contributed by atoms with Crippen molar-refractivity contribution in [3.8, 4) is 11.3 Å². The summed E-state index contributed by atoms with van der Waals surface area (Å²) in [5.41, 5.74) is 5.89. The number of thiazole rings is 1. The van der Waals surface area contributed by atoms with Crippen LogP contribution in [0, 0.1) is 26.2 Å². The van der Waals surface area contributed by atoms with Gasteiger partial charge in [0.25, 0.3) is 0 Å². The molecule has 1 aliphatic carbocycles. The van der Waals surface area contributed by atoms with Crippen LogP contribution in [0.4, 0.5) is 13.2 Å². The Labute approximate surface area is 232 Å². The maximum absolute atomic E-state index is 13.9. The van der Waals surface area contributed by atoms with Crippen molar-refractivity contribution in [3.63, 3.8) is 0 Å². The number of alkyl halides is 3. The Balaban J connectivity index is 1.28. The monoisotopic (exact) mass is 550 g/mol. The van der Waals surface area contributed by atoms with E-state index in [-0.39, 0.29) is 5.91 Å². The summed E-state index contributed by atoms with van der Waals surface area (Å²) in [5, 5.41) is 3.25. The van der Waals surface area contributed by atoms with Crippen molar-refractivity contribution in [2.24, 2.45) is 5.41 Å². The first-order chi connectivity index (χ1) is 18.5. The zero-order valence-corrected chi connectivity index (χ0v) is 23.5. The lowest BCUT2D eigenvalue weighted by Gasteiger charge is -2.40. The van der Waals surface area contributed by atoms with E-state index in [4.69, 9.17) is 4.98 Å². The molecule has 7 heteroatoms. The molecular weight excluding hydrogens is 517 g/mol. The SMILES string of the molecule is Cc1cc(-c2csc(C3CCN(C(=O)C4(C)CC=CC=C4c4ccc(C(F)(F)F)cc4)CC3)n2)cc(C)c1C. The highest BCUT2D eigenvalue weighted by atomic mass is 32.1. The van der Waals surface area contributed by atoms with Gasteiger partial charge in [-0.2, -0.15) is 13.2 Å². The normalized spacial score (nSPS) is 20.3. The zero-order chi connectivity index (χ0) is 27.9. The van der Waals surface area contributed by atoms with Gasteiger partial charge < -0.3 is 4.90 Å². The molecule has 2 aromatic carbocycles. The molecule has 1 amide bonds. The summed E-state index contributed by atoms with van der Waals surface area (Å²) in [6.45, 7) is 9.59. The highest BCUT2D eigenvalue weighted by Gasteiger charge is 2.42. The predicted molar refractivity (Wildman–Crippen MR) is 152 cm³/mol. The Kier molecular flexibility index (Phi) is 7.31. The largest absolute Gasteiger partial charge is 0.416 e. The number of allylic oxidation sites excluding steroid dienone is 3. The van der Waals surface area contributed by atoms with Crippen LogP contribution in [-0.2, 0) is 11.0 Å². The molecule has 0 radical (unpaired) electrons. The second-order valence-corrected chi connectivity index (χ2v) is 11.9. The predicted octanol–water partition coefficient (Wildman–Crippen LogP) is 8.51. The number of carbonyl (C=O) groups is 1. The Morgan fingerprint density at radius 3 is 2.28 bits per heavy atom. The average Bonchev–Trinajstić information content (AvgIpc) is 3.41. The lowest BCUT2D eigenvalue weighted by atomic mass is 9.72. The van der Waals surface area contributed by atoms with E-state index in [9.17, 15) is 18.0 Å². The first-order valence-electron chi connectivity index (χ1n) is 13.4. The van der Waals surface area contributed by atoms with Gasteiger partial charge in [0.2, 0.25) is 5.91 Å². The molecule has 5 rings (SSSR count). The molecule has 1 fully saturated rings. The third-order valence-electron chi connectivity index (χ3n) is 8.39. The molecule has 3 nitrogen and oxygen atoms in total. The Hall–Kier alpha value is -3.19. The van der Waals surface area contributed by atoms with Gasteiger partial charge >= 0.3 is 6.18 Å².